The molecular weight excluding hydrogens is 425 g/mol. The van der Waals surface area contributed by atoms with Crippen LogP contribution in [0.4, 0.5) is 5.69 Å². The second kappa shape index (κ2) is 8.87. The number of nitrogens with zero attached hydrogens (tertiary/aromatic N) is 2. The van der Waals surface area contributed by atoms with Gasteiger partial charge in [-0.1, -0.05) is 46.3 Å². The summed E-state index contributed by atoms with van der Waals surface area (Å²) in [6, 6.07) is 12.1. The number of nitrogens with one attached hydrogen (secondary N) is 1. The summed E-state index contributed by atoms with van der Waals surface area (Å²) >= 11 is 11.9. The molecule has 2 aromatic rings. The van der Waals surface area contributed by atoms with Gasteiger partial charge in [-0.3, -0.25) is 13.9 Å². The molecule has 0 bridgehead atoms. The highest BCUT2D eigenvalue weighted by Crippen LogP contribution is 2.51. The first kappa shape index (κ1) is 21.2. The maximum atomic E-state index is 12.4. The van der Waals surface area contributed by atoms with Gasteiger partial charge in [0.15, 0.2) is 0 Å². The highest BCUT2D eigenvalue weighted by Gasteiger charge is 2.37. The predicted molar refractivity (Wildman–Crippen MR) is 113 cm³/mol. The number of benzene rings is 2. The molecule has 3 rings (SSSR count). The van der Waals surface area contributed by atoms with Crippen LogP contribution >= 0.6 is 34.2 Å². The van der Waals surface area contributed by atoms with Crippen molar-refractivity contribution in [2.75, 3.05) is 32.1 Å². The molecule has 152 valence electrons. The second-order valence-corrected chi connectivity index (χ2v) is 9.10. The Labute approximate surface area is 175 Å². The lowest BCUT2D eigenvalue weighted by atomic mass is 10.2. The smallest absolute Gasteiger partial charge is 0.240 e. The number of methoxy groups -OCH3 is 1. The molecule has 1 aliphatic rings. The largest absolute Gasteiger partial charge is 0.495 e. The Morgan fingerprint density at radius 3 is 2.46 bits per heavy atom. The first-order valence-corrected chi connectivity index (χ1v) is 10.7. The van der Waals surface area contributed by atoms with Gasteiger partial charge in [-0.15, -0.1) is 0 Å². The fourth-order valence-electron chi connectivity index (χ4n) is 2.86. The van der Waals surface area contributed by atoms with Gasteiger partial charge in [0.2, 0.25) is 5.91 Å². The van der Waals surface area contributed by atoms with Gasteiger partial charge in [0.1, 0.15) is 5.75 Å². The van der Waals surface area contributed by atoms with E-state index in [4.69, 9.17) is 27.9 Å². The first-order valence-electron chi connectivity index (χ1n) is 8.46. The number of carbonyl (C=O) groups is 1. The fraction of sp³-hybridized carbons (Fsp3) is 0.278. The van der Waals surface area contributed by atoms with Gasteiger partial charge in [-0.2, -0.15) is 8.61 Å². The number of amides is 1. The molecule has 1 aliphatic heterocycles. The minimum absolute atomic E-state index is 0.150. The Bertz CT molecular complexity index is 851. The van der Waals surface area contributed by atoms with E-state index in [1.54, 1.807) is 34.6 Å². The summed E-state index contributed by atoms with van der Waals surface area (Å²) in [6.45, 7) is 1.01. The molecule has 1 amide bonds. The number of anilines is 1. The number of rotatable bonds is 6. The van der Waals surface area contributed by atoms with Gasteiger partial charge in [-0.25, -0.2) is 0 Å². The van der Waals surface area contributed by atoms with E-state index in [0.717, 1.165) is 5.56 Å². The normalized spacial score (nSPS) is 18.0. The molecule has 0 aliphatic carbocycles. The van der Waals surface area contributed by atoms with Crippen molar-refractivity contribution in [3.8, 4) is 5.75 Å². The van der Waals surface area contributed by atoms with Crippen molar-refractivity contribution in [1.82, 2.24) is 8.61 Å². The molecule has 7 nitrogen and oxygen atoms in total. The first-order chi connectivity index (χ1) is 13.3. The van der Waals surface area contributed by atoms with Crippen molar-refractivity contribution < 1.29 is 18.6 Å². The molecule has 1 fully saturated rings. The van der Waals surface area contributed by atoms with Crippen LogP contribution in [0, 0.1) is 0 Å². The van der Waals surface area contributed by atoms with Crippen LogP contribution in [-0.4, -0.2) is 50.4 Å². The van der Waals surface area contributed by atoms with E-state index in [2.05, 4.69) is 5.32 Å². The standard InChI is InChI=1S/C18H21Cl2N3O4S/c1-27-17-7-6-15(10-16(17)20)21-18(24)12-23-9-8-22(28(23,25)26)11-13-2-4-14(19)5-3-13/h2-7,10,25-26H,8-9,11-12H2,1H3,(H,21,24). The van der Waals surface area contributed by atoms with Gasteiger partial charge in [-0.05, 0) is 35.9 Å². The van der Waals surface area contributed by atoms with Crippen LogP contribution < -0.4 is 10.1 Å². The van der Waals surface area contributed by atoms with Gasteiger partial charge < -0.3 is 10.1 Å². The summed E-state index contributed by atoms with van der Waals surface area (Å²) in [4.78, 5) is 12.4. The number of halogens is 2. The third kappa shape index (κ3) is 4.90. The molecule has 2 aromatic carbocycles. The Balaban J connectivity index is 1.60. The third-order valence-corrected chi connectivity index (χ3v) is 6.88. The van der Waals surface area contributed by atoms with Crippen molar-refractivity contribution >= 4 is 45.8 Å². The third-order valence-electron chi connectivity index (χ3n) is 4.32. The molecule has 0 atom stereocenters. The van der Waals surface area contributed by atoms with Gasteiger partial charge in [0, 0.05) is 30.3 Å². The van der Waals surface area contributed by atoms with Gasteiger partial charge in [0.25, 0.3) is 0 Å². The number of hydrogen-bond acceptors (Lipinski definition) is 6. The van der Waals surface area contributed by atoms with E-state index in [1.165, 1.54) is 11.4 Å². The van der Waals surface area contributed by atoms with E-state index in [0.29, 0.717) is 41.1 Å². The molecule has 0 spiro atoms. The highest BCUT2D eigenvalue weighted by molar-refractivity contribution is 8.20. The molecule has 0 saturated carbocycles. The molecule has 1 heterocycles. The Morgan fingerprint density at radius 2 is 1.82 bits per heavy atom. The summed E-state index contributed by atoms with van der Waals surface area (Å²) in [5.41, 5.74) is 1.41. The fourth-order valence-corrected chi connectivity index (χ4v) is 4.84. The van der Waals surface area contributed by atoms with Crippen molar-refractivity contribution in [3.05, 3.63) is 58.1 Å². The van der Waals surface area contributed by atoms with E-state index in [9.17, 15) is 13.9 Å². The van der Waals surface area contributed by atoms with Crippen molar-refractivity contribution in [3.63, 3.8) is 0 Å². The maximum Gasteiger partial charge on any atom is 0.240 e. The Kier molecular flexibility index (Phi) is 6.72. The van der Waals surface area contributed by atoms with Crippen molar-refractivity contribution in [2.24, 2.45) is 0 Å². The second-order valence-electron chi connectivity index (χ2n) is 6.24. The van der Waals surface area contributed by atoms with Gasteiger partial charge in [0.05, 0.1) is 18.7 Å². The lowest BCUT2D eigenvalue weighted by Gasteiger charge is -2.41. The van der Waals surface area contributed by atoms with Gasteiger partial charge >= 0.3 is 0 Å². The maximum absolute atomic E-state index is 12.4. The molecule has 0 unspecified atom stereocenters. The molecule has 0 radical (unpaired) electrons. The molecule has 3 N–H and O–H groups in total. The van der Waals surface area contributed by atoms with Crippen LogP contribution in [0.15, 0.2) is 42.5 Å². The minimum Gasteiger partial charge on any atom is -0.495 e. The number of ether oxygens (including phenoxy) is 1. The SMILES string of the molecule is COc1ccc(NC(=O)CN2CCN(Cc3ccc(Cl)cc3)S2(O)O)cc1Cl. The highest BCUT2D eigenvalue weighted by atomic mass is 35.5. The molecule has 1 saturated heterocycles. The topological polar surface area (TPSA) is 85.3 Å². The zero-order valence-electron chi connectivity index (χ0n) is 15.1. The van der Waals surface area contributed by atoms with E-state index >= 15 is 0 Å². The molecule has 28 heavy (non-hydrogen) atoms. The average Bonchev–Trinajstić information content (AvgIpc) is 2.91. The zero-order valence-corrected chi connectivity index (χ0v) is 17.5. The Morgan fingerprint density at radius 1 is 1.14 bits per heavy atom. The lowest BCUT2D eigenvalue weighted by molar-refractivity contribution is -0.116. The zero-order chi connectivity index (χ0) is 20.3. The summed E-state index contributed by atoms with van der Waals surface area (Å²) in [5.74, 6) is 0.140. The number of hydrogen-bond donors (Lipinski definition) is 3. The van der Waals surface area contributed by atoms with Crippen LogP contribution in [0.2, 0.25) is 10.0 Å². The Hall–Kier alpha value is -1.52. The van der Waals surface area contributed by atoms with Crippen LogP contribution in [-0.2, 0) is 11.3 Å². The van der Waals surface area contributed by atoms with Crippen molar-refractivity contribution in [1.29, 1.82) is 0 Å². The van der Waals surface area contributed by atoms with Crippen molar-refractivity contribution in [2.45, 2.75) is 6.54 Å². The quantitative estimate of drug-likeness (QED) is 0.612. The summed E-state index contributed by atoms with van der Waals surface area (Å²) in [7, 11) is -1.71. The summed E-state index contributed by atoms with van der Waals surface area (Å²) in [6.07, 6.45) is 0. The molecule has 0 aromatic heterocycles. The lowest BCUT2D eigenvalue weighted by Crippen LogP contribution is -2.34. The van der Waals surface area contributed by atoms with E-state index in [-0.39, 0.29) is 12.5 Å². The number of carbonyl (C=O) groups excluding carboxylic acids is 1. The van der Waals surface area contributed by atoms with E-state index < -0.39 is 11.0 Å². The average molecular weight is 446 g/mol. The minimum atomic E-state index is -3.22. The predicted octanol–water partition coefficient (Wildman–Crippen LogP) is 4.34. The monoisotopic (exact) mass is 445 g/mol. The molecular formula is C18H21Cl2N3O4S. The van der Waals surface area contributed by atoms with Crippen LogP contribution in [0.1, 0.15) is 5.56 Å². The van der Waals surface area contributed by atoms with Crippen LogP contribution in [0.25, 0.3) is 0 Å². The molecule has 10 heteroatoms. The summed E-state index contributed by atoms with van der Waals surface area (Å²) in [5, 5.41) is 3.70. The summed E-state index contributed by atoms with van der Waals surface area (Å²) < 4.78 is 29.2. The van der Waals surface area contributed by atoms with Crippen LogP contribution in [0.5, 0.6) is 5.75 Å². The van der Waals surface area contributed by atoms with E-state index in [1.807, 2.05) is 12.1 Å². The van der Waals surface area contributed by atoms with Crippen LogP contribution in [0.3, 0.4) is 0 Å².